The molecule has 7 nitrogen and oxygen atoms in total. The Balaban J connectivity index is 1.37. The Bertz CT molecular complexity index is 1400. The topological polar surface area (TPSA) is 97.0 Å². The third kappa shape index (κ3) is 6.35. The molecule has 0 saturated heterocycles. The van der Waals surface area contributed by atoms with Crippen molar-refractivity contribution in [3.8, 4) is 11.8 Å². The van der Waals surface area contributed by atoms with E-state index < -0.39 is 0 Å². The molecule has 0 unspecified atom stereocenters. The zero-order valence-corrected chi connectivity index (χ0v) is 19.8. The molecule has 0 spiro atoms. The average molecular weight is 485 g/mol. The molecule has 0 aliphatic heterocycles. The van der Waals surface area contributed by atoms with Gasteiger partial charge in [0.15, 0.2) is 5.16 Å². The highest BCUT2D eigenvalue weighted by molar-refractivity contribution is 7.99. The van der Waals surface area contributed by atoms with Crippen molar-refractivity contribution >= 4 is 28.6 Å². The van der Waals surface area contributed by atoms with E-state index >= 15 is 0 Å². The van der Waals surface area contributed by atoms with Gasteiger partial charge in [0, 0.05) is 13.2 Å². The number of benzene rings is 3. The minimum atomic E-state index is -0.223. The third-order valence-electron chi connectivity index (χ3n) is 5.23. The van der Waals surface area contributed by atoms with Gasteiger partial charge in [-0.25, -0.2) is 4.98 Å². The van der Waals surface area contributed by atoms with Crippen LogP contribution in [0.4, 0.5) is 0 Å². The smallest absolute Gasteiger partial charge is 0.266 e. The number of amides is 1. The largest absolute Gasteiger partial charge is 0.377 e. The van der Waals surface area contributed by atoms with Crippen LogP contribution in [0.3, 0.4) is 0 Å². The second-order valence-electron chi connectivity index (χ2n) is 7.74. The Kier molecular flexibility index (Phi) is 8.28. The number of carbonyl (C=O) groups is 1. The van der Waals surface area contributed by atoms with Crippen LogP contribution in [-0.4, -0.2) is 34.4 Å². The third-order valence-corrected chi connectivity index (χ3v) is 6.17. The quantitative estimate of drug-likeness (QED) is 0.207. The highest BCUT2D eigenvalue weighted by Gasteiger charge is 2.15. The number of rotatable bonds is 10. The van der Waals surface area contributed by atoms with Crippen LogP contribution in [0.25, 0.3) is 16.6 Å². The molecule has 0 aliphatic carbocycles. The van der Waals surface area contributed by atoms with E-state index in [9.17, 15) is 9.59 Å². The first-order valence-electron chi connectivity index (χ1n) is 11.2. The summed E-state index contributed by atoms with van der Waals surface area (Å²) in [6.45, 7) is 1.60. The zero-order valence-electron chi connectivity index (χ0n) is 19.0. The molecule has 0 aliphatic rings. The van der Waals surface area contributed by atoms with E-state index in [0.717, 1.165) is 5.56 Å². The summed E-state index contributed by atoms with van der Waals surface area (Å²) in [6.07, 6.45) is 0.702. The summed E-state index contributed by atoms with van der Waals surface area (Å²) in [5, 5.41) is 12.9. The Morgan fingerprint density at radius 1 is 1.03 bits per heavy atom. The number of para-hydroxylation sites is 1. The molecule has 1 heterocycles. The van der Waals surface area contributed by atoms with Gasteiger partial charge in [-0.2, -0.15) is 5.26 Å². The van der Waals surface area contributed by atoms with Crippen LogP contribution in [0.15, 0.2) is 88.8 Å². The van der Waals surface area contributed by atoms with Crippen LogP contribution in [0.2, 0.25) is 0 Å². The number of carbonyl (C=O) groups excluding carboxylic acids is 1. The number of fused-ring (bicyclic) bond motifs is 1. The summed E-state index contributed by atoms with van der Waals surface area (Å²) in [6, 6.07) is 25.8. The minimum Gasteiger partial charge on any atom is -0.377 e. The molecule has 0 radical (unpaired) electrons. The molecule has 3 aromatic carbocycles. The lowest BCUT2D eigenvalue weighted by atomic mass is 10.2. The molecule has 1 amide bonds. The van der Waals surface area contributed by atoms with E-state index in [1.54, 1.807) is 42.5 Å². The number of hydrogen-bond acceptors (Lipinski definition) is 6. The van der Waals surface area contributed by atoms with Crippen LogP contribution >= 0.6 is 11.8 Å². The Hall–Kier alpha value is -3.93. The molecule has 4 aromatic rings. The van der Waals surface area contributed by atoms with Gasteiger partial charge < -0.3 is 10.1 Å². The van der Waals surface area contributed by atoms with Crippen molar-refractivity contribution in [2.45, 2.75) is 18.2 Å². The van der Waals surface area contributed by atoms with Crippen LogP contribution in [-0.2, 0) is 16.1 Å². The lowest BCUT2D eigenvalue weighted by Gasteiger charge is -2.13. The summed E-state index contributed by atoms with van der Waals surface area (Å²) in [7, 11) is 0. The molecule has 176 valence electrons. The molecular formula is C27H24N4O3S. The van der Waals surface area contributed by atoms with Crippen LogP contribution in [0.1, 0.15) is 17.5 Å². The molecule has 4 rings (SSSR count). The normalized spacial score (nSPS) is 10.7. The molecule has 0 bridgehead atoms. The average Bonchev–Trinajstić information content (AvgIpc) is 2.90. The highest BCUT2D eigenvalue weighted by Crippen LogP contribution is 2.21. The maximum absolute atomic E-state index is 13.3. The predicted octanol–water partition coefficient (Wildman–Crippen LogP) is 4.07. The van der Waals surface area contributed by atoms with Crippen molar-refractivity contribution in [2.24, 2.45) is 0 Å². The lowest BCUT2D eigenvalue weighted by molar-refractivity contribution is -0.118. The summed E-state index contributed by atoms with van der Waals surface area (Å²) in [5.41, 5.74) is 2.55. The molecule has 0 atom stereocenters. The summed E-state index contributed by atoms with van der Waals surface area (Å²) in [5.74, 6) is -0.0294. The van der Waals surface area contributed by atoms with Crippen LogP contribution < -0.4 is 10.9 Å². The monoisotopic (exact) mass is 484 g/mol. The van der Waals surface area contributed by atoms with E-state index in [0.29, 0.717) is 53.5 Å². The van der Waals surface area contributed by atoms with Crippen molar-refractivity contribution in [3.63, 3.8) is 0 Å². The molecule has 8 heteroatoms. The maximum atomic E-state index is 13.3. The van der Waals surface area contributed by atoms with Crippen LogP contribution in [0.5, 0.6) is 0 Å². The SMILES string of the molecule is N#Cc1ccc(-n2c(SCC(=O)NCCCOCc3ccccc3)nc3ccccc3c2=O)cc1. The molecule has 1 N–H and O–H groups in total. The summed E-state index contributed by atoms with van der Waals surface area (Å²) in [4.78, 5) is 30.3. The first kappa shape index (κ1) is 24.2. The number of aromatic nitrogens is 2. The maximum Gasteiger partial charge on any atom is 0.266 e. The van der Waals surface area contributed by atoms with Gasteiger partial charge in [0.05, 0.1) is 40.6 Å². The highest BCUT2D eigenvalue weighted by atomic mass is 32.2. The lowest BCUT2D eigenvalue weighted by Crippen LogP contribution is -2.28. The number of hydrogen-bond donors (Lipinski definition) is 1. The number of nitriles is 1. The van der Waals surface area contributed by atoms with E-state index in [4.69, 9.17) is 10.00 Å². The number of ether oxygens (including phenoxy) is 1. The Morgan fingerprint density at radius 2 is 1.77 bits per heavy atom. The zero-order chi connectivity index (χ0) is 24.5. The second-order valence-corrected chi connectivity index (χ2v) is 8.68. The number of thioether (sulfide) groups is 1. The van der Waals surface area contributed by atoms with Crippen molar-refractivity contribution in [1.82, 2.24) is 14.9 Å². The minimum absolute atomic E-state index is 0.117. The van der Waals surface area contributed by atoms with Gasteiger partial charge in [0.2, 0.25) is 5.91 Å². The molecule has 0 saturated carbocycles. The van der Waals surface area contributed by atoms with Crippen molar-refractivity contribution in [2.75, 3.05) is 18.9 Å². The van der Waals surface area contributed by atoms with E-state index in [2.05, 4.69) is 16.4 Å². The molecule has 1 aromatic heterocycles. The van der Waals surface area contributed by atoms with E-state index in [1.165, 1.54) is 16.3 Å². The Morgan fingerprint density at radius 3 is 2.54 bits per heavy atom. The number of nitrogens with zero attached hydrogens (tertiary/aromatic N) is 3. The van der Waals surface area contributed by atoms with Gasteiger partial charge in [0.1, 0.15) is 0 Å². The molecular weight excluding hydrogens is 460 g/mol. The van der Waals surface area contributed by atoms with Crippen molar-refractivity contribution < 1.29 is 9.53 Å². The first-order valence-corrected chi connectivity index (χ1v) is 12.2. The fourth-order valence-corrected chi connectivity index (χ4v) is 4.31. The van der Waals surface area contributed by atoms with Gasteiger partial charge in [-0.05, 0) is 48.4 Å². The fourth-order valence-electron chi connectivity index (χ4n) is 3.47. The fraction of sp³-hybridized carbons (Fsp3) is 0.185. The second kappa shape index (κ2) is 12.0. The summed E-state index contributed by atoms with van der Waals surface area (Å²) < 4.78 is 7.13. The summed E-state index contributed by atoms with van der Waals surface area (Å²) >= 11 is 1.20. The number of nitrogens with one attached hydrogen (secondary N) is 1. The van der Waals surface area contributed by atoms with Gasteiger partial charge in [-0.15, -0.1) is 0 Å². The molecule has 35 heavy (non-hydrogen) atoms. The first-order chi connectivity index (χ1) is 17.2. The molecule has 0 fully saturated rings. The standard InChI is InChI=1S/C27H24N4O3S/c28-17-20-11-13-22(14-12-20)31-26(33)23-9-4-5-10-24(23)30-27(31)35-19-25(32)29-15-6-16-34-18-21-7-2-1-3-8-21/h1-5,7-14H,6,15-16,18-19H2,(H,29,32). The van der Waals surface area contributed by atoms with E-state index in [-0.39, 0.29) is 17.2 Å². The van der Waals surface area contributed by atoms with Gasteiger partial charge in [-0.1, -0.05) is 54.2 Å². The predicted molar refractivity (Wildman–Crippen MR) is 137 cm³/mol. The van der Waals surface area contributed by atoms with Gasteiger partial charge >= 0.3 is 0 Å². The van der Waals surface area contributed by atoms with Crippen molar-refractivity contribution in [1.29, 1.82) is 5.26 Å². The van der Waals surface area contributed by atoms with Crippen molar-refractivity contribution in [3.05, 3.63) is 100 Å². The van der Waals surface area contributed by atoms with Crippen LogP contribution in [0, 0.1) is 11.3 Å². The van der Waals surface area contributed by atoms with Gasteiger partial charge in [-0.3, -0.25) is 14.2 Å². The Labute approximate surface area is 207 Å². The van der Waals surface area contributed by atoms with E-state index in [1.807, 2.05) is 36.4 Å². The van der Waals surface area contributed by atoms with Gasteiger partial charge in [0.25, 0.3) is 5.56 Å².